The lowest BCUT2D eigenvalue weighted by molar-refractivity contribution is -0.116. The first-order valence-electron chi connectivity index (χ1n) is 6.81. The highest BCUT2D eigenvalue weighted by Gasteiger charge is 2.11. The predicted molar refractivity (Wildman–Crippen MR) is 86.4 cm³/mol. The van der Waals surface area contributed by atoms with E-state index in [-0.39, 0.29) is 24.9 Å². The van der Waals surface area contributed by atoms with Crippen LogP contribution in [0.4, 0.5) is 10.3 Å². The van der Waals surface area contributed by atoms with Gasteiger partial charge in [0.2, 0.25) is 11.9 Å². The van der Waals surface area contributed by atoms with Crippen LogP contribution in [-0.4, -0.2) is 30.5 Å². The monoisotopic (exact) mass is 368 g/mol. The number of halogens is 3. The lowest BCUT2D eigenvalue weighted by Gasteiger charge is -2.05. The lowest BCUT2D eigenvalue weighted by Crippen LogP contribution is -2.20. The van der Waals surface area contributed by atoms with Gasteiger partial charge < -0.3 is 0 Å². The summed E-state index contributed by atoms with van der Waals surface area (Å²) in [6.07, 6.45) is 4.33. The van der Waals surface area contributed by atoms with Gasteiger partial charge in [0.1, 0.15) is 18.7 Å². The number of nitrogens with zero attached hydrogens (tertiary/aromatic N) is 5. The first kappa shape index (κ1) is 16.4. The van der Waals surface area contributed by atoms with E-state index in [1.165, 1.54) is 40.2 Å². The Hall–Kier alpha value is -2.45. The minimum Gasteiger partial charge on any atom is -0.292 e. The second-order valence-corrected chi connectivity index (χ2v) is 5.71. The van der Waals surface area contributed by atoms with Crippen molar-refractivity contribution in [1.29, 1.82) is 0 Å². The van der Waals surface area contributed by atoms with E-state index in [2.05, 4.69) is 20.5 Å². The molecule has 1 amide bonds. The second kappa shape index (κ2) is 6.98. The summed E-state index contributed by atoms with van der Waals surface area (Å²) >= 11 is 11.7. The van der Waals surface area contributed by atoms with E-state index in [0.717, 1.165) is 0 Å². The molecule has 7 nitrogen and oxygen atoms in total. The van der Waals surface area contributed by atoms with Crippen LogP contribution in [0.1, 0.15) is 5.56 Å². The van der Waals surface area contributed by atoms with Crippen molar-refractivity contribution in [2.45, 2.75) is 13.1 Å². The molecule has 3 rings (SSSR count). The third kappa shape index (κ3) is 3.90. The number of nitrogens with one attached hydrogen (secondary N) is 1. The van der Waals surface area contributed by atoms with E-state index in [0.29, 0.717) is 15.6 Å². The molecular formula is C14H11Cl2FN6O. The Bertz CT molecular complexity index is 858. The maximum absolute atomic E-state index is 13.8. The standard InChI is InChI=1S/C14H11Cl2FN6O/c15-9-4-19-22(5-9)7-13(24)20-14-18-8-23(21-14)6-10-11(16)2-1-3-12(10)17/h1-5,8H,6-7H2,(H,20,21,24). The Morgan fingerprint density at radius 2 is 2.12 bits per heavy atom. The number of carbonyl (C=O) groups is 1. The number of carbonyl (C=O) groups excluding carboxylic acids is 1. The van der Waals surface area contributed by atoms with Crippen molar-refractivity contribution in [1.82, 2.24) is 24.5 Å². The van der Waals surface area contributed by atoms with Crippen LogP contribution in [0.15, 0.2) is 36.9 Å². The number of benzene rings is 1. The minimum absolute atomic E-state index is 0.0274. The Morgan fingerprint density at radius 1 is 1.29 bits per heavy atom. The zero-order valence-corrected chi connectivity index (χ0v) is 13.7. The van der Waals surface area contributed by atoms with Crippen molar-refractivity contribution in [2.24, 2.45) is 0 Å². The van der Waals surface area contributed by atoms with Gasteiger partial charge in [0.05, 0.1) is 17.8 Å². The van der Waals surface area contributed by atoms with Crippen molar-refractivity contribution < 1.29 is 9.18 Å². The fourth-order valence-electron chi connectivity index (χ4n) is 2.01. The van der Waals surface area contributed by atoms with Crippen LogP contribution in [-0.2, 0) is 17.9 Å². The summed E-state index contributed by atoms with van der Waals surface area (Å²) in [6, 6.07) is 4.43. The Labute approximate surface area is 146 Å². The van der Waals surface area contributed by atoms with Crippen LogP contribution in [0, 0.1) is 5.82 Å². The van der Waals surface area contributed by atoms with Gasteiger partial charge >= 0.3 is 0 Å². The van der Waals surface area contributed by atoms with Crippen LogP contribution >= 0.6 is 23.2 Å². The zero-order chi connectivity index (χ0) is 17.1. The summed E-state index contributed by atoms with van der Waals surface area (Å²) < 4.78 is 16.5. The van der Waals surface area contributed by atoms with Gasteiger partial charge in [-0.1, -0.05) is 29.3 Å². The molecule has 0 saturated carbocycles. The zero-order valence-electron chi connectivity index (χ0n) is 12.2. The van der Waals surface area contributed by atoms with Crippen LogP contribution in [0.2, 0.25) is 10.0 Å². The third-order valence-corrected chi connectivity index (χ3v) is 3.63. The lowest BCUT2D eigenvalue weighted by atomic mass is 10.2. The van der Waals surface area contributed by atoms with Crippen LogP contribution < -0.4 is 5.32 Å². The van der Waals surface area contributed by atoms with Gasteiger partial charge in [-0.3, -0.25) is 14.8 Å². The molecule has 24 heavy (non-hydrogen) atoms. The molecule has 0 spiro atoms. The quantitative estimate of drug-likeness (QED) is 0.750. The highest BCUT2D eigenvalue weighted by molar-refractivity contribution is 6.31. The van der Waals surface area contributed by atoms with Gasteiger partial charge in [-0.2, -0.15) is 5.10 Å². The smallest absolute Gasteiger partial charge is 0.248 e. The van der Waals surface area contributed by atoms with Crippen molar-refractivity contribution >= 4 is 35.1 Å². The van der Waals surface area contributed by atoms with Crippen molar-refractivity contribution in [2.75, 3.05) is 5.32 Å². The number of rotatable bonds is 5. The summed E-state index contributed by atoms with van der Waals surface area (Å²) in [4.78, 5) is 15.8. The Balaban J connectivity index is 1.64. The molecule has 0 atom stereocenters. The molecule has 1 aromatic carbocycles. The maximum Gasteiger partial charge on any atom is 0.248 e. The molecule has 0 bridgehead atoms. The molecule has 124 valence electrons. The van der Waals surface area contributed by atoms with Gasteiger partial charge in [0.15, 0.2) is 0 Å². The molecule has 0 saturated heterocycles. The van der Waals surface area contributed by atoms with E-state index in [1.807, 2.05) is 0 Å². The van der Waals surface area contributed by atoms with Crippen molar-refractivity contribution in [3.63, 3.8) is 0 Å². The fourth-order valence-corrected chi connectivity index (χ4v) is 2.39. The number of anilines is 1. The Kier molecular flexibility index (Phi) is 4.77. The van der Waals surface area contributed by atoms with Gasteiger partial charge in [-0.05, 0) is 12.1 Å². The highest BCUT2D eigenvalue weighted by atomic mass is 35.5. The molecular weight excluding hydrogens is 358 g/mol. The molecule has 0 aliphatic rings. The average Bonchev–Trinajstić information content (AvgIpc) is 3.12. The average molecular weight is 369 g/mol. The van der Waals surface area contributed by atoms with Gasteiger partial charge in [-0.25, -0.2) is 14.1 Å². The maximum atomic E-state index is 13.8. The van der Waals surface area contributed by atoms with E-state index in [1.54, 1.807) is 6.07 Å². The Morgan fingerprint density at radius 3 is 2.83 bits per heavy atom. The minimum atomic E-state index is -0.431. The summed E-state index contributed by atoms with van der Waals surface area (Å²) in [5.41, 5.74) is 0.299. The normalized spacial score (nSPS) is 10.8. The number of hydrogen-bond acceptors (Lipinski definition) is 4. The number of hydrogen-bond donors (Lipinski definition) is 1. The van der Waals surface area contributed by atoms with Crippen LogP contribution in [0.3, 0.4) is 0 Å². The van der Waals surface area contributed by atoms with Crippen molar-refractivity contribution in [3.05, 3.63) is 58.3 Å². The molecule has 10 heteroatoms. The van der Waals surface area contributed by atoms with E-state index >= 15 is 0 Å². The molecule has 1 N–H and O–H groups in total. The molecule has 0 radical (unpaired) electrons. The van der Waals surface area contributed by atoms with Gasteiger partial charge in [0, 0.05) is 16.8 Å². The SMILES string of the molecule is O=C(Cn1cc(Cl)cn1)Nc1ncn(Cc2c(F)cccc2Cl)n1. The van der Waals surface area contributed by atoms with Gasteiger partial charge in [-0.15, -0.1) is 5.10 Å². The summed E-state index contributed by atoms with van der Waals surface area (Å²) in [5, 5.41) is 11.2. The van der Waals surface area contributed by atoms with E-state index in [9.17, 15) is 9.18 Å². The molecule has 0 fully saturated rings. The number of amides is 1. The topological polar surface area (TPSA) is 77.6 Å². The first-order chi connectivity index (χ1) is 11.5. The number of aromatic nitrogens is 5. The predicted octanol–water partition coefficient (Wildman–Crippen LogP) is 2.61. The van der Waals surface area contributed by atoms with Crippen LogP contribution in [0.25, 0.3) is 0 Å². The first-order valence-corrected chi connectivity index (χ1v) is 7.57. The molecule has 0 aliphatic carbocycles. The third-order valence-electron chi connectivity index (χ3n) is 3.08. The van der Waals surface area contributed by atoms with Crippen LogP contribution in [0.5, 0.6) is 0 Å². The summed E-state index contributed by atoms with van der Waals surface area (Å²) in [5.74, 6) is -0.693. The molecule has 2 aromatic heterocycles. The summed E-state index contributed by atoms with van der Waals surface area (Å²) in [6.45, 7) is 0.0730. The second-order valence-electron chi connectivity index (χ2n) is 4.87. The fraction of sp³-hybridized carbons (Fsp3) is 0.143. The van der Waals surface area contributed by atoms with Gasteiger partial charge in [0.25, 0.3) is 0 Å². The largest absolute Gasteiger partial charge is 0.292 e. The molecule has 2 heterocycles. The molecule has 0 unspecified atom stereocenters. The van der Waals surface area contributed by atoms with Crippen molar-refractivity contribution in [3.8, 4) is 0 Å². The van der Waals surface area contributed by atoms with E-state index in [4.69, 9.17) is 23.2 Å². The highest BCUT2D eigenvalue weighted by Crippen LogP contribution is 2.19. The molecule has 0 aliphatic heterocycles. The summed E-state index contributed by atoms with van der Waals surface area (Å²) in [7, 11) is 0. The molecule has 3 aromatic rings. The van der Waals surface area contributed by atoms with E-state index < -0.39 is 5.82 Å².